The lowest BCUT2D eigenvalue weighted by molar-refractivity contribution is -0.704. The van der Waals surface area contributed by atoms with Crippen LogP contribution in [-0.4, -0.2) is 36.3 Å². The number of hydrogen-bond acceptors (Lipinski definition) is 6. The lowest BCUT2D eigenvalue weighted by Crippen LogP contribution is -2.42. The van der Waals surface area contributed by atoms with Crippen molar-refractivity contribution in [3.63, 3.8) is 0 Å². The van der Waals surface area contributed by atoms with Gasteiger partial charge in [0.25, 0.3) is 10.1 Å². The largest absolute Gasteiger partial charge is 0.480 e. The Morgan fingerprint density at radius 1 is 1.18 bits per heavy atom. The van der Waals surface area contributed by atoms with Gasteiger partial charge in [-0.05, 0) is 41.8 Å². The Bertz CT molecular complexity index is 1590. The SMILES string of the molecule is CCC(=Cc1oc2c([n+]1CCS(=O)(=O)O)CC(c1ccccc1)C=C2)C=C1Sc2ccccc2N1CC(=O)O. The molecule has 39 heavy (non-hydrogen) atoms. The zero-order chi connectivity index (χ0) is 27.6. The Hall–Kier alpha value is -3.60. The smallest absolute Gasteiger partial charge is 0.374 e. The van der Waals surface area contributed by atoms with Crippen molar-refractivity contribution in [1.29, 1.82) is 0 Å². The number of carboxylic acid groups (broad SMARTS) is 1. The molecule has 0 bridgehead atoms. The minimum atomic E-state index is -4.19. The molecule has 2 N–H and O–H groups in total. The first kappa shape index (κ1) is 27.0. The van der Waals surface area contributed by atoms with Gasteiger partial charge >= 0.3 is 11.9 Å². The van der Waals surface area contributed by atoms with Crippen LogP contribution in [0, 0.1) is 0 Å². The molecule has 1 aromatic heterocycles. The summed E-state index contributed by atoms with van der Waals surface area (Å²) in [7, 11) is -4.19. The molecule has 0 spiro atoms. The van der Waals surface area contributed by atoms with Crippen LogP contribution in [0.15, 0.2) is 86.7 Å². The van der Waals surface area contributed by atoms with E-state index in [2.05, 4.69) is 18.2 Å². The number of rotatable bonds is 9. The van der Waals surface area contributed by atoms with Crippen molar-refractivity contribution in [3.05, 3.63) is 100 Å². The van der Waals surface area contributed by atoms with Crippen molar-refractivity contribution in [2.24, 2.45) is 0 Å². The van der Waals surface area contributed by atoms with Crippen LogP contribution in [0.25, 0.3) is 12.2 Å². The van der Waals surface area contributed by atoms with Gasteiger partial charge in [-0.1, -0.05) is 67.2 Å². The number of nitrogens with zero attached hydrogens (tertiary/aromatic N) is 2. The van der Waals surface area contributed by atoms with E-state index in [-0.39, 0.29) is 19.0 Å². The number of allylic oxidation sites excluding steroid dienone is 3. The maximum atomic E-state index is 11.6. The van der Waals surface area contributed by atoms with Gasteiger partial charge in [-0.2, -0.15) is 13.0 Å². The highest BCUT2D eigenvalue weighted by molar-refractivity contribution is 8.03. The van der Waals surface area contributed by atoms with E-state index in [4.69, 9.17) is 4.42 Å². The van der Waals surface area contributed by atoms with E-state index in [1.54, 1.807) is 4.90 Å². The van der Waals surface area contributed by atoms with Gasteiger partial charge in [-0.25, -0.2) is 0 Å². The third kappa shape index (κ3) is 6.19. The molecule has 5 rings (SSSR count). The molecule has 1 aliphatic heterocycles. The molecule has 1 aliphatic carbocycles. The number of oxazole rings is 1. The highest BCUT2D eigenvalue weighted by Gasteiger charge is 2.32. The maximum Gasteiger partial charge on any atom is 0.374 e. The number of anilines is 1. The second-order valence-corrected chi connectivity index (χ2v) is 12.0. The van der Waals surface area contributed by atoms with Crippen molar-refractivity contribution in [1.82, 2.24) is 0 Å². The second-order valence-electron chi connectivity index (χ2n) is 9.37. The van der Waals surface area contributed by atoms with E-state index in [1.165, 1.54) is 11.8 Å². The van der Waals surface area contributed by atoms with Crippen LogP contribution in [0.5, 0.6) is 0 Å². The van der Waals surface area contributed by atoms with E-state index in [9.17, 15) is 22.9 Å². The predicted molar refractivity (Wildman–Crippen MR) is 151 cm³/mol. The Morgan fingerprint density at radius 2 is 1.92 bits per heavy atom. The Balaban J connectivity index is 1.52. The van der Waals surface area contributed by atoms with Crippen LogP contribution >= 0.6 is 11.8 Å². The molecular weight excluding hydrogens is 536 g/mol. The first-order valence-electron chi connectivity index (χ1n) is 12.6. The third-order valence-electron chi connectivity index (χ3n) is 6.74. The molecule has 3 aromatic rings. The van der Waals surface area contributed by atoms with Crippen molar-refractivity contribution in [2.75, 3.05) is 17.2 Å². The third-order valence-corrected chi connectivity index (χ3v) is 8.55. The fourth-order valence-electron chi connectivity index (χ4n) is 4.82. The Kier molecular flexibility index (Phi) is 7.79. The highest BCUT2D eigenvalue weighted by Crippen LogP contribution is 2.46. The Morgan fingerprint density at radius 3 is 2.64 bits per heavy atom. The van der Waals surface area contributed by atoms with Gasteiger partial charge in [0.1, 0.15) is 12.3 Å². The molecule has 1 atom stereocenters. The average Bonchev–Trinajstić information content (AvgIpc) is 3.43. The molecule has 0 saturated carbocycles. The minimum Gasteiger partial charge on any atom is -0.480 e. The summed E-state index contributed by atoms with van der Waals surface area (Å²) in [4.78, 5) is 14.4. The summed E-state index contributed by atoms with van der Waals surface area (Å²) < 4.78 is 40.8. The number of para-hydroxylation sites is 1. The summed E-state index contributed by atoms with van der Waals surface area (Å²) in [6, 6.07) is 17.7. The molecule has 2 aliphatic rings. The van der Waals surface area contributed by atoms with Gasteiger partial charge in [0, 0.05) is 17.2 Å². The number of hydrogen-bond donors (Lipinski definition) is 2. The summed E-state index contributed by atoms with van der Waals surface area (Å²) in [6.45, 7) is 1.87. The van der Waals surface area contributed by atoms with Crippen LogP contribution < -0.4 is 9.47 Å². The molecule has 0 fully saturated rings. The lowest BCUT2D eigenvalue weighted by Gasteiger charge is -2.18. The van der Waals surface area contributed by atoms with Gasteiger partial charge in [0.15, 0.2) is 12.3 Å². The highest BCUT2D eigenvalue weighted by atomic mass is 32.2. The van der Waals surface area contributed by atoms with Crippen LogP contribution in [0.4, 0.5) is 5.69 Å². The molecule has 0 saturated heterocycles. The molecular formula is C29H29N2O6S2+. The van der Waals surface area contributed by atoms with Crippen molar-refractivity contribution in [2.45, 2.75) is 37.1 Å². The van der Waals surface area contributed by atoms with Gasteiger partial charge in [-0.15, -0.1) is 0 Å². The summed E-state index contributed by atoms with van der Waals surface area (Å²) in [5.74, 6) is -0.134. The van der Waals surface area contributed by atoms with E-state index in [0.29, 0.717) is 24.5 Å². The number of benzene rings is 2. The number of thioether (sulfide) groups is 1. The predicted octanol–water partition coefficient (Wildman–Crippen LogP) is 5.14. The standard InChI is InChI=1S/C29H28N2O6S2/c1-2-20(17-28-31(19-29(32)33)23-10-6-7-11-26(23)38-28)16-27-30(14-15-39(34,35)36)24-18-22(12-13-25(24)37-27)21-8-4-3-5-9-21/h3-13,16-17,22H,2,14-15,18-19H2,1H3,(H-,32,33,34,35,36)/p+1. The number of carbonyl (C=O) groups is 1. The molecule has 1 unspecified atom stereocenters. The average molecular weight is 566 g/mol. The normalized spacial score (nSPS) is 17.9. The minimum absolute atomic E-state index is 0.0394. The van der Waals surface area contributed by atoms with E-state index in [0.717, 1.165) is 32.4 Å². The van der Waals surface area contributed by atoms with Crippen molar-refractivity contribution < 1.29 is 31.9 Å². The summed E-state index contributed by atoms with van der Waals surface area (Å²) >= 11 is 1.51. The number of carboxylic acids is 1. The van der Waals surface area contributed by atoms with Gasteiger partial charge in [0.2, 0.25) is 5.69 Å². The van der Waals surface area contributed by atoms with Gasteiger partial charge in [0.05, 0.1) is 16.8 Å². The van der Waals surface area contributed by atoms with E-state index >= 15 is 0 Å². The van der Waals surface area contributed by atoms with Crippen molar-refractivity contribution >= 4 is 45.7 Å². The van der Waals surface area contributed by atoms with Crippen LogP contribution in [-0.2, 0) is 27.9 Å². The van der Waals surface area contributed by atoms with Gasteiger partial charge < -0.3 is 14.4 Å². The zero-order valence-electron chi connectivity index (χ0n) is 21.4. The first-order chi connectivity index (χ1) is 18.7. The summed E-state index contributed by atoms with van der Waals surface area (Å²) in [6.07, 6.45) is 9.07. The van der Waals surface area contributed by atoms with Crippen LogP contribution in [0.3, 0.4) is 0 Å². The molecule has 2 heterocycles. The molecule has 2 aromatic carbocycles. The second kappa shape index (κ2) is 11.3. The summed E-state index contributed by atoms with van der Waals surface area (Å²) in [5.41, 5.74) is 3.74. The quantitative estimate of drug-likeness (QED) is 0.271. The fraction of sp³-hybridized carbons (Fsp3) is 0.241. The van der Waals surface area contributed by atoms with Crippen LogP contribution in [0.2, 0.25) is 0 Å². The van der Waals surface area contributed by atoms with Crippen LogP contribution in [0.1, 0.15) is 42.2 Å². The lowest BCUT2D eigenvalue weighted by atomic mass is 9.90. The maximum absolute atomic E-state index is 11.6. The monoisotopic (exact) mass is 565 g/mol. The van der Waals surface area contributed by atoms with E-state index < -0.39 is 21.8 Å². The number of aromatic nitrogens is 1. The molecule has 0 amide bonds. The zero-order valence-corrected chi connectivity index (χ0v) is 23.0. The topological polar surface area (TPSA) is 112 Å². The van der Waals surface area contributed by atoms with E-state index in [1.807, 2.05) is 72.2 Å². The summed E-state index contributed by atoms with van der Waals surface area (Å²) in [5, 5.41) is 10.3. The Labute approximate surface area is 231 Å². The van der Waals surface area contributed by atoms with Gasteiger partial charge in [-0.3, -0.25) is 9.35 Å². The van der Waals surface area contributed by atoms with Crippen molar-refractivity contribution in [3.8, 4) is 0 Å². The first-order valence-corrected chi connectivity index (χ1v) is 15.1. The number of fused-ring (bicyclic) bond motifs is 2. The number of aliphatic carboxylic acids is 1. The molecule has 202 valence electrons. The molecule has 0 radical (unpaired) electrons. The molecule has 10 heteroatoms. The fourth-order valence-corrected chi connectivity index (χ4v) is 6.38. The molecule has 8 nitrogen and oxygen atoms in total.